The van der Waals surface area contributed by atoms with E-state index in [2.05, 4.69) is 5.32 Å². The van der Waals surface area contributed by atoms with Gasteiger partial charge in [-0.15, -0.1) is 11.3 Å². The van der Waals surface area contributed by atoms with Crippen molar-refractivity contribution in [2.24, 2.45) is 5.73 Å². The summed E-state index contributed by atoms with van der Waals surface area (Å²) in [6.07, 6.45) is -0.130. The lowest BCUT2D eigenvalue weighted by Crippen LogP contribution is -2.21. The summed E-state index contributed by atoms with van der Waals surface area (Å²) in [5.41, 5.74) is 6.64. The van der Waals surface area contributed by atoms with Crippen molar-refractivity contribution in [1.29, 1.82) is 0 Å². The van der Waals surface area contributed by atoms with Gasteiger partial charge < -0.3 is 19.9 Å². The van der Waals surface area contributed by atoms with Crippen molar-refractivity contribution in [1.82, 2.24) is 0 Å². The van der Waals surface area contributed by atoms with Crippen LogP contribution in [-0.4, -0.2) is 25.7 Å². The molecule has 0 aliphatic carbocycles. The van der Waals surface area contributed by atoms with Crippen molar-refractivity contribution in [3.63, 3.8) is 0 Å². The van der Waals surface area contributed by atoms with E-state index < -0.39 is 12.0 Å². The van der Waals surface area contributed by atoms with E-state index in [9.17, 15) is 9.59 Å². The molecule has 0 saturated heterocycles. The molecular weight excluding hydrogens is 332 g/mol. The highest BCUT2D eigenvalue weighted by Gasteiger charge is 2.25. The van der Waals surface area contributed by atoms with Gasteiger partial charge in [0.15, 0.2) is 11.5 Å². The van der Waals surface area contributed by atoms with Gasteiger partial charge in [0.2, 0.25) is 0 Å². The highest BCUT2D eigenvalue weighted by molar-refractivity contribution is 7.17. The zero-order chi connectivity index (χ0) is 17.1. The maximum atomic E-state index is 12.2. The van der Waals surface area contributed by atoms with Crippen LogP contribution in [0.3, 0.4) is 0 Å². The number of fused-ring (bicyclic) bond motifs is 1. The predicted molar refractivity (Wildman–Crippen MR) is 88.8 cm³/mol. The van der Waals surface area contributed by atoms with E-state index in [0.29, 0.717) is 35.9 Å². The number of carbonyl (C=O) groups excluding carboxylic acids is 2. The third-order valence-corrected chi connectivity index (χ3v) is 4.67. The Morgan fingerprint density at radius 3 is 2.75 bits per heavy atom. The van der Waals surface area contributed by atoms with Crippen LogP contribution in [0.1, 0.15) is 20.8 Å². The number of amides is 2. The van der Waals surface area contributed by atoms with Gasteiger partial charge in [0.25, 0.3) is 5.91 Å². The van der Waals surface area contributed by atoms with E-state index in [1.165, 1.54) is 18.4 Å². The molecular formula is C16H16N2O5S. The van der Waals surface area contributed by atoms with Crippen LogP contribution in [0.15, 0.2) is 24.3 Å². The summed E-state index contributed by atoms with van der Waals surface area (Å²) in [6, 6.07) is 6.78. The molecule has 0 unspecified atom stereocenters. The molecule has 1 aliphatic heterocycles. The van der Waals surface area contributed by atoms with Crippen LogP contribution in [0, 0.1) is 0 Å². The Morgan fingerprint density at radius 2 is 2.04 bits per heavy atom. The Bertz CT molecular complexity index is 787. The first-order valence-electron chi connectivity index (χ1n) is 7.24. The lowest BCUT2D eigenvalue weighted by molar-refractivity contribution is 0.0991. The molecule has 126 valence electrons. The quantitative estimate of drug-likeness (QED) is 0.884. The van der Waals surface area contributed by atoms with Crippen LogP contribution in [-0.2, 0) is 17.8 Å². The average molecular weight is 348 g/mol. The molecule has 0 atom stereocenters. The number of nitrogens with two attached hydrogens (primary N) is 1. The minimum absolute atomic E-state index is 0.280. The number of methoxy groups -OCH3 is 1. The molecule has 8 heteroatoms. The lowest BCUT2D eigenvalue weighted by atomic mass is 10.1. The van der Waals surface area contributed by atoms with E-state index in [1.807, 2.05) is 0 Å². The summed E-state index contributed by atoms with van der Waals surface area (Å²) < 4.78 is 15.8. The second kappa shape index (κ2) is 6.90. The molecule has 1 aromatic carbocycles. The molecule has 2 heterocycles. The fourth-order valence-corrected chi connectivity index (χ4v) is 3.68. The molecule has 2 aromatic rings. The van der Waals surface area contributed by atoms with Crippen LogP contribution in [0.2, 0.25) is 0 Å². The standard InChI is InChI=1S/C16H16N2O5S/c1-21-10-4-2-3-5-11(10)23-16(20)18-15-13(14(17)19)9-6-7-22-8-12(9)24-15/h2-5H,6-8H2,1H3,(H2,17,19)(H,18,20). The first-order chi connectivity index (χ1) is 11.6. The van der Waals surface area contributed by atoms with Gasteiger partial charge in [-0.25, -0.2) is 4.79 Å². The van der Waals surface area contributed by atoms with Gasteiger partial charge in [-0.05, 0) is 24.1 Å². The molecule has 2 amide bonds. The number of hydrogen-bond donors (Lipinski definition) is 2. The van der Waals surface area contributed by atoms with E-state index >= 15 is 0 Å². The number of nitrogens with one attached hydrogen (secondary N) is 1. The van der Waals surface area contributed by atoms with Gasteiger partial charge in [0.05, 0.1) is 25.9 Å². The molecule has 1 aliphatic rings. The number of benzene rings is 1. The molecule has 1 aromatic heterocycles. The number of rotatable bonds is 4. The number of thiophene rings is 1. The van der Waals surface area contributed by atoms with Gasteiger partial charge in [-0.3, -0.25) is 10.1 Å². The SMILES string of the molecule is COc1ccccc1OC(=O)Nc1sc2c(c1C(N)=O)CCOC2. The normalized spacial score (nSPS) is 13.0. The molecule has 0 radical (unpaired) electrons. The number of anilines is 1. The molecule has 24 heavy (non-hydrogen) atoms. The zero-order valence-electron chi connectivity index (χ0n) is 13.0. The van der Waals surface area contributed by atoms with Crippen LogP contribution < -0.4 is 20.5 Å². The number of primary amides is 1. The van der Waals surface area contributed by atoms with Gasteiger partial charge >= 0.3 is 6.09 Å². The van der Waals surface area contributed by atoms with Crippen LogP contribution in [0.5, 0.6) is 11.5 Å². The second-order valence-electron chi connectivity index (χ2n) is 5.04. The van der Waals surface area contributed by atoms with E-state index in [0.717, 1.165) is 10.4 Å². The van der Waals surface area contributed by atoms with Crippen molar-refractivity contribution in [3.05, 3.63) is 40.3 Å². The number of ether oxygens (including phenoxy) is 3. The minimum atomic E-state index is -0.721. The fourth-order valence-electron chi connectivity index (χ4n) is 2.50. The monoisotopic (exact) mass is 348 g/mol. The Labute approximate surface area is 142 Å². The highest BCUT2D eigenvalue weighted by atomic mass is 32.1. The Morgan fingerprint density at radius 1 is 1.29 bits per heavy atom. The third kappa shape index (κ3) is 3.19. The van der Waals surface area contributed by atoms with E-state index in [1.54, 1.807) is 24.3 Å². The van der Waals surface area contributed by atoms with Gasteiger partial charge in [-0.2, -0.15) is 0 Å². The number of para-hydroxylation sites is 2. The topological polar surface area (TPSA) is 99.9 Å². The average Bonchev–Trinajstić information content (AvgIpc) is 2.93. The minimum Gasteiger partial charge on any atom is -0.493 e. The molecule has 3 rings (SSSR count). The first-order valence-corrected chi connectivity index (χ1v) is 8.05. The molecule has 0 fully saturated rings. The molecule has 3 N–H and O–H groups in total. The largest absolute Gasteiger partial charge is 0.493 e. The van der Waals surface area contributed by atoms with Crippen molar-refractivity contribution in [2.75, 3.05) is 19.0 Å². The van der Waals surface area contributed by atoms with E-state index in [-0.39, 0.29) is 5.75 Å². The van der Waals surface area contributed by atoms with Crippen LogP contribution >= 0.6 is 11.3 Å². The smallest absolute Gasteiger partial charge is 0.417 e. The number of hydrogen-bond acceptors (Lipinski definition) is 6. The Balaban J connectivity index is 1.82. The summed E-state index contributed by atoms with van der Waals surface area (Å²) >= 11 is 1.27. The summed E-state index contributed by atoms with van der Waals surface area (Å²) in [6.45, 7) is 0.929. The molecule has 0 spiro atoms. The zero-order valence-corrected chi connectivity index (χ0v) is 13.8. The maximum Gasteiger partial charge on any atom is 0.417 e. The molecule has 7 nitrogen and oxygen atoms in total. The lowest BCUT2D eigenvalue weighted by Gasteiger charge is -2.12. The van der Waals surface area contributed by atoms with Gasteiger partial charge in [0, 0.05) is 4.88 Å². The third-order valence-electron chi connectivity index (χ3n) is 3.55. The van der Waals surface area contributed by atoms with E-state index in [4.69, 9.17) is 19.9 Å². The van der Waals surface area contributed by atoms with Gasteiger partial charge in [-0.1, -0.05) is 12.1 Å². The Hall–Kier alpha value is -2.58. The summed E-state index contributed by atoms with van der Waals surface area (Å²) in [4.78, 5) is 24.8. The highest BCUT2D eigenvalue weighted by Crippen LogP contribution is 2.36. The first kappa shape index (κ1) is 16.3. The summed E-state index contributed by atoms with van der Waals surface area (Å²) in [5, 5.41) is 2.97. The molecule has 0 saturated carbocycles. The maximum absolute atomic E-state index is 12.2. The summed E-state index contributed by atoms with van der Waals surface area (Å²) in [5.74, 6) is 0.131. The van der Waals surface area contributed by atoms with Crippen molar-refractivity contribution in [2.45, 2.75) is 13.0 Å². The fraction of sp³-hybridized carbons (Fsp3) is 0.250. The molecule has 0 bridgehead atoms. The van der Waals surface area contributed by atoms with Crippen molar-refractivity contribution < 1.29 is 23.8 Å². The van der Waals surface area contributed by atoms with Crippen LogP contribution in [0.25, 0.3) is 0 Å². The van der Waals surface area contributed by atoms with Crippen molar-refractivity contribution >= 4 is 28.3 Å². The van der Waals surface area contributed by atoms with Gasteiger partial charge in [0.1, 0.15) is 5.00 Å². The summed E-state index contributed by atoms with van der Waals surface area (Å²) in [7, 11) is 1.48. The second-order valence-corrected chi connectivity index (χ2v) is 6.15. The Kier molecular flexibility index (Phi) is 4.68. The van der Waals surface area contributed by atoms with Crippen molar-refractivity contribution in [3.8, 4) is 11.5 Å². The predicted octanol–water partition coefficient (Wildman–Crippen LogP) is 2.54. The number of carbonyl (C=O) groups is 2. The van der Waals surface area contributed by atoms with Crippen LogP contribution in [0.4, 0.5) is 9.80 Å².